The summed E-state index contributed by atoms with van der Waals surface area (Å²) >= 11 is 0. The highest BCUT2D eigenvalue weighted by Crippen LogP contribution is 2.01. The van der Waals surface area contributed by atoms with Gasteiger partial charge in [0.2, 0.25) is 5.91 Å². The van der Waals surface area contributed by atoms with Crippen LogP contribution in [0.15, 0.2) is 11.8 Å². The van der Waals surface area contributed by atoms with Gasteiger partial charge in [-0.3, -0.25) is 4.79 Å². The molecule has 0 aromatic rings. The number of rotatable bonds is 5. The summed E-state index contributed by atoms with van der Waals surface area (Å²) in [4.78, 5) is 10.6. The molecule has 0 spiro atoms. The Hall–Kier alpha value is -0.790. The van der Waals surface area contributed by atoms with Gasteiger partial charge in [0.15, 0.2) is 0 Å². The number of nitrogens with one attached hydrogen (secondary N) is 1. The van der Waals surface area contributed by atoms with Crippen molar-refractivity contribution in [2.45, 2.75) is 46.5 Å². The number of unbranched alkanes of at least 4 members (excludes halogenated alkanes) is 3. The van der Waals surface area contributed by atoms with Crippen LogP contribution in [0.1, 0.15) is 46.5 Å². The summed E-state index contributed by atoms with van der Waals surface area (Å²) in [6, 6.07) is 0. The van der Waals surface area contributed by atoms with E-state index < -0.39 is 0 Å². The van der Waals surface area contributed by atoms with Crippen molar-refractivity contribution in [1.82, 2.24) is 5.32 Å². The lowest BCUT2D eigenvalue weighted by Crippen LogP contribution is -2.16. The summed E-state index contributed by atoms with van der Waals surface area (Å²) in [7, 11) is 0. The van der Waals surface area contributed by atoms with Gasteiger partial charge in [0.1, 0.15) is 0 Å². The summed E-state index contributed by atoms with van der Waals surface area (Å²) in [5, 5.41) is 2.74. The zero-order chi connectivity index (χ0) is 9.40. The standard InChI is InChI=1S/C10H19NO/c1-4-5-6-7-8-9(2)11-10(3)12/h8H,4-7H2,1-3H3,(H,11,12)/b9-8-. The first kappa shape index (κ1) is 11.2. The van der Waals surface area contributed by atoms with Gasteiger partial charge in [-0.15, -0.1) is 0 Å². The fraction of sp³-hybridized carbons (Fsp3) is 0.700. The van der Waals surface area contributed by atoms with Crippen molar-refractivity contribution in [2.24, 2.45) is 0 Å². The Morgan fingerprint density at radius 3 is 2.50 bits per heavy atom. The monoisotopic (exact) mass is 169 g/mol. The molecule has 0 atom stereocenters. The van der Waals surface area contributed by atoms with Crippen molar-refractivity contribution >= 4 is 5.91 Å². The Balaban J connectivity index is 3.48. The fourth-order valence-corrected chi connectivity index (χ4v) is 1.04. The molecular weight excluding hydrogens is 150 g/mol. The highest BCUT2D eigenvalue weighted by atomic mass is 16.1. The molecule has 0 heterocycles. The largest absolute Gasteiger partial charge is 0.331 e. The molecule has 0 bridgehead atoms. The highest BCUT2D eigenvalue weighted by molar-refractivity contribution is 5.74. The van der Waals surface area contributed by atoms with E-state index in [9.17, 15) is 4.79 Å². The Labute approximate surface area is 75.0 Å². The molecule has 0 saturated carbocycles. The summed E-state index contributed by atoms with van der Waals surface area (Å²) in [6.45, 7) is 5.64. The molecule has 0 fully saturated rings. The molecule has 12 heavy (non-hydrogen) atoms. The Kier molecular flexibility index (Phi) is 6.44. The molecule has 1 N–H and O–H groups in total. The molecule has 2 heteroatoms. The Morgan fingerprint density at radius 1 is 1.33 bits per heavy atom. The molecule has 0 saturated heterocycles. The minimum atomic E-state index is 0.0132. The van der Waals surface area contributed by atoms with Crippen molar-refractivity contribution in [3.63, 3.8) is 0 Å². The molecule has 0 aliphatic rings. The molecule has 0 unspecified atom stereocenters. The van der Waals surface area contributed by atoms with Crippen molar-refractivity contribution in [2.75, 3.05) is 0 Å². The molecular formula is C10H19NO. The van der Waals surface area contributed by atoms with Gasteiger partial charge in [0, 0.05) is 12.6 Å². The third-order valence-electron chi connectivity index (χ3n) is 1.63. The topological polar surface area (TPSA) is 29.1 Å². The predicted octanol–water partition coefficient (Wildman–Crippen LogP) is 2.61. The van der Waals surface area contributed by atoms with Crippen LogP contribution < -0.4 is 5.32 Å². The smallest absolute Gasteiger partial charge is 0.220 e. The molecule has 0 rings (SSSR count). The first-order valence-electron chi connectivity index (χ1n) is 4.61. The van der Waals surface area contributed by atoms with E-state index in [0.29, 0.717) is 0 Å². The number of hydrogen-bond donors (Lipinski definition) is 1. The molecule has 0 aliphatic carbocycles. The molecule has 1 amide bonds. The predicted molar refractivity (Wildman–Crippen MR) is 51.7 cm³/mol. The second kappa shape index (κ2) is 6.89. The summed E-state index contributed by atoms with van der Waals surface area (Å²) < 4.78 is 0. The van der Waals surface area contributed by atoms with E-state index in [4.69, 9.17) is 0 Å². The van der Waals surface area contributed by atoms with Crippen LogP contribution >= 0.6 is 0 Å². The first-order chi connectivity index (χ1) is 5.66. The van der Waals surface area contributed by atoms with Crippen LogP contribution in [0.4, 0.5) is 0 Å². The second-order valence-corrected chi connectivity index (χ2v) is 3.06. The van der Waals surface area contributed by atoms with E-state index in [1.165, 1.54) is 26.2 Å². The van der Waals surface area contributed by atoms with Gasteiger partial charge >= 0.3 is 0 Å². The zero-order valence-electron chi connectivity index (χ0n) is 8.31. The minimum absolute atomic E-state index is 0.0132. The van der Waals surface area contributed by atoms with Crippen molar-refractivity contribution in [3.05, 3.63) is 11.8 Å². The number of amides is 1. The van der Waals surface area contributed by atoms with Crippen LogP contribution in [0.25, 0.3) is 0 Å². The van der Waals surface area contributed by atoms with Crippen LogP contribution in [-0.4, -0.2) is 5.91 Å². The SMILES string of the molecule is CCCCC/C=C(/C)NC(C)=O. The number of allylic oxidation sites excluding steroid dienone is 2. The molecule has 0 aliphatic heterocycles. The van der Waals surface area contributed by atoms with E-state index in [2.05, 4.69) is 18.3 Å². The van der Waals surface area contributed by atoms with E-state index in [1.807, 2.05) is 6.92 Å². The average molecular weight is 169 g/mol. The lowest BCUT2D eigenvalue weighted by atomic mass is 10.2. The molecule has 2 nitrogen and oxygen atoms in total. The number of hydrogen-bond acceptors (Lipinski definition) is 1. The highest BCUT2D eigenvalue weighted by Gasteiger charge is 1.91. The quantitative estimate of drug-likeness (QED) is 0.630. The Morgan fingerprint density at radius 2 is 2.00 bits per heavy atom. The van der Waals surface area contributed by atoms with Crippen LogP contribution in [-0.2, 0) is 4.79 Å². The third-order valence-corrected chi connectivity index (χ3v) is 1.63. The van der Waals surface area contributed by atoms with Crippen molar-refractivity contribution in [3.8, 4) is 0 Å². The van der Waals surface area contributed by atoms with Gasteiger partial charge in [-0.25, -0.2) is 0 Å². The van der Waals surface area contributed by atoms with Gasteiger partial charge in [-0.05, 0) is 19.8 Å². The van der Waals surface area contributed by atoms with E-state index in [-0.39, 0.29) is 5.91 Å². The van der Waals surface area contributed by atoms with Crippen LogP contribution in [0.2, 0.25) is 0 Å². The zero-order valence-corrected chi connectivity index (χ0v) is 8.31. The minimum Gasteiger partial charge on any atom is -0.331 e. The first-order valence-corrected chi connectivity index (χ1v) is 4.61. The van der Waals surface area contributed by atoms with Gasteiger partial charge in [-0.1, -0.05) is 25.8 Å². The Bertz CT molecular complexity index is 161. The van der Waals surface area contributed by atoms with Crippen molar-refractivity contribution < 1.29 is 4.79 Å². The van der Waals surface area contributed by atoms with Crippen LogP contribution in [0, 0.1) is 0 Å². The van der Waals surface area contributed by atoms with Gasteiger partial charge in [0.05, 0.1) is 0 Å². The van der Waals surface area contributed by atoms with Gasteiger partial charge in [-0.2, -0.15) is 0 Å². The van der Waals surface area contributed by atoms with E-state index >= 15 is 0 Å². The van der Waals surface area contributed by atoms with E-state index in [1.54, 1.807) is 0 Å². The maximum Gasteiger partial charge on any atom is 0.220 e. The van der Waals surface area contributed by atoms with Gasteiger partial charge < -0.3 is 5.32 Å². The summed E-state index contributed by atoms with van der Waals surface area (Å²) in [5.41, 5.74) is 0.971. The van der Waals surface area contributed by atoms with E-state index in [0.717, 1.165) is 12.1 Å². The molecule has 0 aromatic heterocycles. The second-order valence-electron chi connectivity index (χ2n) is 3.06. The maximum atomic E-state index is 10.6. The van der Waals surface area contributed by atoms with Crippen LogP contribution in [0.5, 0.6) is 0 Å². The van der Waals surface area contributed by atoms with Crippen LogP contribution in [0.3, 0.4) is 0 Å². The lowest BCUT2D eigenvalue weighted by Gasteiger charge is -2.00. The normalized spacial score (nSPS) is 11.4. The summed E-state index contributed by atoms with van der Waals surface area (Å²) in [5.74, 6) is 0.0132. The maximum absolute atomic E-state index is 10.6. The fourth-order valence-electron chi connectivity index (χ4n) is 1.04. The van der Waals surface area contributed by atoms with Crippen molar-refractivity contribution in [1.29, 1.82) is 0 Å². The molecule has 70 valence electrons. The average Bonchev–Trinajstić information content (AvgIpc) is 1.97. The molecule has 0 aromatic carbocycles. The third kappa shape index (κ3) is 7.32. The lowest BCUT2D eigenvalue weighted by molar-refractivity contribution is -0.118. The number of carbonyl (C=O) groups is 1. The number of carbonyl (C=O) groups excluding carboxylic acids is 1. The molecule has 0 radical (unpaired) electrons. The van der Waals surface area contributed by atoms with Gasteiger partial charge in [0.25, 0.3) is 0 Å². The summed E-state index contributed by atoms with van der Waals surface area (Å²) in [6.07, 6.45) is 6.88.